The summed E-state index contributed by atoms with van der Waals surface area (Å²) in [6, 6.07) is 20.4. The number of carbonyl (C=O) groups is 2. The molecule has 0 aliphatic heterocycles. The molecule has 0 fully saturated rings. The Hall–Kier alpha value is -4.11. The first-order valence-electron chi connectivity index (χ1n) is 8.80. The highest BCUT2D eigenvalue weighted by atomic mass is 16.5. The summed E-state index contributed by atoms with van der Waals surface area (Å²) in [6.07, 6.45) is 1.74. The average Bonchev–Trinajstić information content (AvgIpc) is 3.07. The number of benzene rings is 2. The summed E-state index contributed by atoms with van der Waals surface area (Å²) in [5.74, 6) is -1.07. The van der Waals surface area contributed by atoms with Crippen molar-refractivity contribution in [3.05, 3.63) is 88.7 Å². The van der Waals surface area contributed by atoms with Crippen LogP contribution < -0.4 is 5.32 Å². The normalized spacial score (nSPS) is 10.9. The number of nitrogens with zero attached hydrogens (tertiary/aromatic N) is 1. The maximum absolute atomic E-state index is 13.1. The van der Waals surface area contributed by atoms with Gasteiger partial charge >= 0.3 is 5.97 Å². The number of furan rings is 1. The van der Waals surface area contributed by atoms with Gasteiger partial charge in [0.15, 0.2) is 0 Å². The monoisotopic (exact) mass is 386 g/mol. The van der Waals surface area contributed by atoms with E-state index in [4.69, 9.17) is 9.15 Å². The molecule has 0 unspecified atom stereocenters. The van der Waals surface area contributed by atoms with E-state index in [1.807, 2.05) is 66.7 Å². The summed E-state index contributed by atoms with van der Waals surface area (Å²) in [7, 11) is 1.21. The highest BCUT2D eigenvalue weighted by molar-refractivity contribution is 6.29. The molecular weight excluding hydrogens is 368 g/mol. The summed E-state index contributed by atoms with van der Waals surface area (Å²) >= 11 is 0. The molecule has 0 aliphatic rings. The van der Waals surface area contributed by atoms with Crippen molar-refractivity contribution in [3.63, 3.8) is 0 Å². The molecule has 0 radical (unpaired) electrons. The molecule has 3 aromatic rings. The van der Waals surface area contributed by atoms with Gasteiger partial charge in [-0.3, -0.25) is 10.1 Å². The predicted molar refractivity (Wildman–Crippen MR) is 109 cm³/mol. The fourth-order valence-corrected chi connectivity index (χ4v) is 2.87. The van der Waals surface area contributed by atoms with Crippen molar-refractivity contribution in [2.75, 3.05) is 12.4 Å². The molecule has 0 spiro atoms. The van der Waals surface area contributed by atoms with Crippen LogP contribution in [0.15, 0.2) is 65.1 Å². The minimum absolute atomic E-state index is 0.00130. The van der Waals surface area contributed by atoms with Gasteiger partial charge in [-0.2, -0.15) is 5.26 Å². The lowest BCUT2D eigenvalue weighted by molar-refractivity contribution is -0.111. The molecule has 6 nitrogen and oxygen atoms in total. The molecule has 6 heteroatoms. The van der Waals surface area contributed by atoms with Crippen LogP contribution in [0, 0.1) is 18.3 Å². The third-order valence-electron chi connectivity index (χ3n) is 4.25. The largest absolute Gasteiger partial charge is 0.465 e. The lowest BCUT2D eigenvalue weighted by Crippen LogP contribution is -2.14. The molecule has 1 N–H and O–H groups in total. The number of rotatable bonds is 5. The summed E-state index contributed by atoms with van der Waals surface area (Å²) in [5.41, 5.74) is 1.85. The standard InChI is InChI=1S/C23H18N2O4/c1-15-20(23(27)28-2)19(14-24)22(29-15)25-21(26)18(17-11-7-4-8-12-17)13-16-9-5-3-6-10-16/h3-13H,1-2H3,(H,25,26)/b18-13-. The zero-order chi connectivity index (χ0) is 20.8. The lowest BCUT2D eigenvalue weighted by atomic mass is 10.0. The molecule has 2 aromatic carbocycles. The Balaban J connectivity index is 2.02. The van der Waals surface area contributed by atoms with E-state index < -0.39 is 11.9 Å². The molecule has 1 aromatic heterocycles. The number of hydrogen-bond donors (Lipinski definition) is 1. The van der Waals surface area contributed by atoms with E-state index in [2.05, 4.69) is 5.32 Å². The number of aryl methyl sites for hydroxylation is 1. The number of carbonyl (C=O) groups excluding carboxylic acids is 2. The molecule has 0 atom stereocenters. The highest BCUT2D eigenvalue weighted by Gasteiger charge is 2.26. The van der Waals surface area contributed by atoms with Crippen LogP contribution in [0.25, 0.3) is 11.6 Å². The second-order valence-corrected chi connectivity index (χ2v) is 6.13. The first-order valence-corrected chi connectivity index (χ1v) is 8.80. The zero-order valence-corrected chi connectivity index (χ0v) is 15.9. The molecule has 144 valence electrons. The summed E-state index contributed by atoms with van der Waals surface area (Å²) < 4.78 is 10.2. The second kappa shape index (κ2) is 8.72. The molecule has 1 amide bonds. The van der Waals surface area contributed by atoms with Gasteiger partial charge in [-0.05, 0) is 24.1 Å². The van der Waals surface area contributed by atoms with Crippen molar-refractivity contribution in [1.82, 2.24) is 0 Å². The van der Waals surface area contributed by atoms with Gasteiger partial charge in [0, 0.05) is 5.57 Å². The molecule has 0 bridgehead atoms. The fraction of sp³-hybridized carbons (Fsp3) is 0.0870. The predicted octanol–water partition coefficient (Wildman–Crippen LogP) is 4.43. The Bertz CT molecular complexity index is 1110. The summed E-state index contributed by atoms with van der Waals surface area (Å²) in [6.45, 7) is 1.53. The van der Waals surface area contributed by atoms with Crippen LogP contribution in [0.5, 0.6) is 0 Å². The number of hydrogen-bond acceptors (Lipinski definition) is 5. The zero-order valence-electron chi connectivity index (χ0n) is 15.9. The lowest BCUT2D eigenvalue weighted by Gasteiger charge is -2.08. The van der Waals surface area contributed by atoms with Gasteiger partial charge in [-0.1, -0.05) is 60.7 Å². The van der Waals surface area contributed by atoms with Gasteiger partial charge in [0.1, 0.15) is 23.0 Å². The van der Waals surface area contributed by atoms with E-state index in [0.29, 0.717) is 11.1 Å². The average molecular weight is 386 g/mol. The van der Waals surface area contributed by atoms with Crippen molar-refractivity contribution in [2.45, 2.75) is 6.92 Å². The van der Waals surface area contributed by atoms with E-state index in [-0.39, 0.29) is 22.8 Å². The van der Waals surface area contributed by atoms with E-state index in [9.17, 15) is 14.9 Å². The Morgan fingerprint density at radius 2 is 1.69 bits per heavy atom. The first kappa shape index (κ1) is 19.6. The molecule has 0 saturated heterocycles. The van der Waals surface area contributed by atoms with Crippen LogP contribution in [0.4, 0.5) is 5.88 Å². The van der Waals surface area contributed by atoms with E-state index >= 15 is 0 Å². The van der Waals surface area contributed by atoms with Crippen molar-refractivity contribution in [1.29, 1.82) is 5.26 Å². The topological polar surface area (TPSA) is 92.3 Å². The quantitative estimate of drug-likeness (QED) is 0.398. The Labute approximate surface area is 168 Å². The van der Waals surface area contributed by atoms with Gasteiger partial charge in [0.25, 0.3) is 5.91 Å². The second-order valence-electron chi connectivity index (χ2n) is 6.13. The van der Waals surface area contributed by atoms with Gasteiger partial charge in [0.2, 0.25) is 5.88 Å². The number of methoxy groups -OCH3 is 1. The maximum atomic E-state index is 13.1. The molecule has 3 rings (SSSR count). The number of nitriles is 1. The Morgan fingerprint density at radius 3 is 2.28 bits per heavy atom. The number of nitrogens with one attached hydrogen (secondary N) is 1. The maximum Gasteiger partial charge on any atom is 0.342 e. The summed E-state index contributed by atoms with van der Waals surface area (Å²) in [5, 5.41) is 12.1. The van der Waals surface area contributed by atoms with E-state index in [0.717, 1.165) is 5.56 Å². The molecule has 29 heavy (non-hydrogen) atoms. The van der Waals surface area contributed by atoms with Gasteiger partial charge in [-0.25, -0.2) is 4.79 Å². The Morgan fingerprint density at radius 1 is 1.07 bits per heavy atom. The van der Waals surface area contributed by atoms with Crippen LogP contribution in [0.1, 0.15) is 32.8 Å². The van der Waals surface area contributed by atoms with Crippen molar-refractivity contribution >= 4 is 29.4 Å². The van der Waals surface area contributed by atoms with Gasteiger partial charge in [0.05, 0.1) is 7.11 Å². The molecular formula is C23H18N2O4. The fourth-order valence-electron chi connectivity index (χ4n) is 2.87. The van der Waals surface area contributed by atoms with Gasteiger partial charge < -0.3 is 9.15 Å². The summed E-state index contributed by atoms with van der Waals surface area (Å²) in [4.78, 5) is 25.0. The van der Waals surface area contributed by atoms with Crippen molar-refractivity contribution in [2.24, 2.45) is 0 Å². The molecule has 1 heterocycles. The number of anilines is 1. The number of amides is 1. The minimum atomic E-state index is -0.702. The third kappa shape index (κ3) is 4.25. The van der Waals surface area contributed by atoms with E-state index in [1.165, 1.54) is 14.0 Å². The first-order chi connectivity index (χ1) is 14.0. The third-order valence-corrected chi connectivity index (χ3v) is 4.25. The van der Waals surface area contributed by atoms with Crippen molar-refractivity contribution in [3.8, 4) is 6.07 Å². The Kier molecular flexibility index (Phi) is 5.91. The smallest absolute Gasteiger partial charge is 0.342 e. The van der Waals surface area contributed by atoms with Crippen LogP contribution in [-0.4, -0.2) is 19.0 Å². The van der Waals surface area contributed by atoms with Gasteiger partial charge in [-0.15, -0.1) is 0 Å². The van der Waals surface area contributed by atoms with Crippen LogP contribution in [0.2, 0.25) is 0 Å². The van der Waals surface area contributed by atoms with E-state index in [1.54, 1.807) is 6.08 Å². The number of ether oxygens (including phenoxy) is 1. The number of esters is 1. The molecule has 0 saturated carbocycles. The molecule has 0 aliphatic carbocycles. The van der Waals surface area contributed by atoms with Crippen LogP contribution in [-0.2, 0) is 9.53 Å². The highest BCUT2D eigenvalue weighted by Crippen LogP contribution is 2.29. The SMILES string of the molecule is COC(=O)c1c(C)oc(NC(=O)/C(=C\c2ccccc2)c2ccccc2)c1C#N. The van der Waals surface area contributed by atoms with Crippen LogP contribution >= 0.6 is 0 Å². The van der Waals surface area contributed by atoms with Crippen molar-refractivity contribution < 1.29 is 18.7 Å². The minimum Gasteiger partial charge on any atom is -0.465 e. The van der Waals surface area contributed by atoms with Crippen LogP contribution in [0.3, 0.4) is 0 Å².